The van der Waals surface area contributed by atoms with Gasteiger partial charge in [0.05, 0.1) is 6.54 Å². The molecule has 0 fully saturated rings. The molecule has 0 spiro atoms. The summed E-state index contributed by atoms with van der Waals surface area (Å²) in [5.74, 6) is 0. The van der Waals surface area contributed by atoms with E-state index in [0.717, 1.165) is 35.1 Å². The summed E-state index contributed by atoms with van der Waals surface area (Å²) in [6, 6.07) is 14.3. The number of unbranched alkanes of at least 4 members (excludes halogenated alkanes) is 2. The van der Waals surface area contributed by atoms with Crippen LogP contribution in [0.25, 0.3) is 10.8 Å². The molecule has 0 aliphatic heterocycles. The number of nitrogens with zero attached hydrogens (tertiary/aromatic N) is 1. The van der Waals surface area contributed by atoms with Crippen LogP contribution in [0.15, 0.2) is 42.5 Å². The van der Waals surface area contributed by atoms with E-state index in [0.29, 0.717) is 6.54 Å². The third-order valence-corrected chi connectivity index (χ3v) is 3.08. The zero-order valence-electron chi connectivity index (χ0n) is 11.6. The van der Waals surface area contributed by atoms with Crippen molar-refractivity contribution in [3.05, 3.63) is 48.0 Å². The Morgan fingerprint density at radius 2 is 1.80 bits per heavy atom. The molecule has 0 atom stereocenters. The van der Waals surface area contributed by atoms with Crippen LogP contribution in [0.5, 0.6) is 0 Å². The van der Waals surface area contributed by atoms with Gasteiger partial charge >= 0.3 is 0 Å². The number of carbonyl (C=O) groups is 1. The highest BCUT2D eigenvalue weighted by Crippen LogP contribution is 2.21. The molecule has 0 aliphatic rings. The highest BCUT2D eigenvalue weighted by atomic mass is 35.5. The number of benzene rings is 2. The molecule has 2 aromatic rings. The molecule has 0 saturated heterocycles. The van der Waals surface area contributed by atoms with Gasteiger partial charge in [0, 0.05) is 6.42 Å². The second kappa shape index (κ2) is 9.76. The first kappa shape index (κ1) is 17.0. The largest absolute Gasteiger partial charge is 0.303 e. The highest BCUT2D eigenvalue weighted by Gasteiger charge is 2.02. The first-order chi connectivity index (χ1) is 9.69. The van der Waals surface area contributed by atoms with Crippen molar-refractivity contribution in [3.63, 3.8) is 0 Å². The van der Waals surface area contributed by atoms with Gasteiger partial charge in [0.25, 0.3) is 0 Å². The summed E-state index contributed by atoms with van der Waals surface area (Å²) >= 11 is 11.2. The molecule has 2 aromatic carbocycles. The molecule has 4 heteroatoms. The second-order valence-electron chi connectivity index (χ2n) is 4.41. The van der Waals surface area contributed by atoms with Crippen LogP contribution in [-0.4, -0.2) is 10.2 Å². The summed E-state index contributed by atoms with van der Waals surface area (Å²) in [6.45, 7) is 2.61. The molecule has 0 bridgehead atoms. The van der Waals surface area contributed by atoms with Crippen LogP contribution < -0.4 is 0 Å². The summed E-state index contributed by atoms with van der Waals surface area (Å²) in [6.07, 6.45) is 3.86. The molecule has 0 saturated carbocycles. The number of hydrogen-bond acceptors (Lipinski definition) is 2. The van der Waals surface area contributed by atoms with E-state index in [9.17, 15) is 4.79 Å². The Labute approximate surface area is 130 Å². The fraction of sp³-hybridized carbons (Fsp3) is 0.312. The van der Waals surface area contributed by atoms with E-state index >= 15 is 0 Å². The first-order valence-corrected chi connectivity index (χ1v) is 7.36. The van der Waals surface area contributed by atoms with Gasteiger partial charge in [-0.25, -0.2) is 0 Å². The quantitative estimate of drug-likeness (QED) is 0.423. The molecule has 2 nitrogen and oxygen atoms in total. The van der Waals surface area contributed by atoms with Gasteiger partial charge in [0.15, 0.2) is 0 Å². The van der Waals surface area contributed by atoms with E-state index in [1.807, 2.05) is 24.3 Å². The van der Waals surface area contributed by atoms with Crippen LogP contribution in [-0.2, 0) is 11.3 Å². The molecule has 0 N–H and O–H groups in total. The molecule has 2 rings (SSSR count). The fourth-order valence-electron chi connectivity index (χ4n) is 1.85. The Balaban J connectivity index is 0.000000286. The topological polar surface area (TPSA) is 20.3 Å². The first-order valence-electron chi connectivity index (χ1n) is 6.68. The summed E-state index contributed by atoms with van der Waals surface area (Å²) in [5, 5.41) is 2.40. The van der Waals surface area contributed by atoms with Crippen LogP contribution >= 0.6 is 23.6 Å². The Hall–Kier alpha value is -1.09. The Morgan fingerprint density at radius 3 is 2.40 bits per heavy atom. The van der Waals surface area contributed by atoms with Gasteiger partial charge in [-0.1, -0.05) is 55.8 Å². The lowest BCUT2D eigenvalue weighted by Gasteiger charge is -2.07. The third kappa shape index (κ3) is 5.91. The van der Waals surface area contributed by atoms with Crippen molar-refractivity contribution >= 4 is 40.6 Å². The van der Waals surface area contributed by atoms with Crippen molar-refractivity contribution in [3.8, 4) is 0 Å². The Kier molecular flexibility index (Phi) is 8.28. The van der Waals surface area contributed by atoms with E-state index in [-0.39, 0.29) is 0 Å². The smallest absolute Gasteiger partial charge is 0.119 e. The van der Waals surface area contributed by atoms with E-state index in [2.05, 4.69) is 25.1 Å². The summed E-state index contributed by atoms with van der Waals surface area (Å²) in [7, 11) is 0. The average Bonchev–Trinajstić information content (AvgIpc) is 2.46. The zero-order valence-corrected chi connectivity index (χ0v) is 13.1. The van der Waals surface area contributed by atoms with Gasteiger partial charge in [-0.3, -0.25) is 0 Å². The predicted octanol–water partition coefficient (Wildman–Crippen LogP) is 5.32. The zero-order chi connectivity index (χ0) is 14.8. The minimum Gasteiger partial charge on any atom is -0.303 e. The monoisotopic (exact) mass is 311 g/mol. The molecule has 108 valence electrons. The molecule has 20 heavy (non-hydrogen) atoms. The standard InChI is InChI=1S/C11H9Cl2N.C5H10O/c12-14(13)8-10-6-3-5-9-4-1-2-7-11(9)10;1-2-3-4-5-6/h1-7H,8H2;5H,2-4H2,1H3. The van der Waals surface area contributed by atoms with Gasteiger partial charge in [0.1, 0.15) is 6.29 Å². The second-order valence-corrected chi connectivity index (χ2v) is 5.40. The lowest BCUT2D eigenvalue weighted by atomic mass is 10.1. The van der Waals surface area contributed by atoms with Crippen molar-refractivity contribution in [2.75, 3.05) is 0 Å². The van der Waals surface area contributed by atoms with Gasteiger partial charge < -0.3 is 4.79 Å². The van der Waals surface area contributed by atoms with E-state index < -0.39 is 0 Å². The SMILES string of the molecule is CCCCC=O.ClN(Cl)Cc1cccc2ccccc12. The number of rotatable bonds is 5. The highest BCUT2D eigenvalue weighted by molar-refractivity contribution is 6.33. The van der Waals surface area contributed by atoms with Crippen LogP contribution in [0.3, 0.4) is 0 Å². The van der Waals surface area contributed by atoms with Gasteiger partial charge in [0.2, 0.25) is 0 Å². The van der Waals surface area contributed by atoms with E-state index in [4.69, 9.17) is 23.6 Å². The van der Waals surface area contributed by atoms with Crippen LogP contribution in [0.1, 0.15) is 31.7 Å². The van der Waals surface area contributed by atoms with Crippen LogP contribution in [0, 0.1) is 0 Å². The minimum atomic E-state index is 0.532. The minimum absolute atomic E-state index is 0.532. The maximum atomic E-state index is 9.56. The normalized spacial score (nSPS) is 10.2. The van der Waals surface area contributed by atoms with Crippen molar-refractivity contribution in [2.45, 2.75) is 32.7 Å². The molecule has 0 amide bonds. The molecule has 0 aromatic heterocycles. The van der Waals surface area contributed by atoms with Crippen molar-refractivity contribution < 1.29 is 4.79 Å². The molecular formula is C16H19Cl2NO. The molecule has 0 radical (unpaired) electrons. The van der Waals surface area contributed by atoms with E-state index in [1.54, 1.807) is 0 Å². The number of carbonyl (C=O) groups excluding carboxylic acids is 1. The lowest BCUT2D eigenvalue weighted by molar-refractivity contribution is -0.107. The average molecular weight is 312 g/mol. The van der Waals surface area contributed by atoms with Gasteiger partial charge in [-0.15, -0.1) is 3.94 Å². The Bertz CT molecular complexity index is 523. The predicted molar refractivity (Wildman–Crippen MR) is 86.8 cm³/mol. The number of halogens is 2. The number of fused-ring (bicyclic) bond motifs is 1. The maximum Gasteiger partial charge on any atom is 0.119 e. The molecule has 0 unspecified atom stereocenters. The van der Waals surface area contributed by atoms with Crippen molar-refractivity contribution in [2.24, 2.45) is 0 Å². The van der Waals surface area contributed by atoms with Crippen molar-refractivity contribution in [1.82, 2.24) is 3.94 Å². The molecule has 0 aliphatic carbocycles. The Morgan fingerprint density at radius 1 is 1.10 bits per heavy atom. The van der Waals surface area contributed by atoms with Gasteiger partial charge in [-0.2, -0.15) is 0 Å². The summed E-state index contributed by atoms with van der Waals surface area (Å²) in [4.78, 5) is 9.56. The number of aldehydes is 1. The molecule has 0 heterocycles. The summed E-state index contributed by atoms with van der Waals surface area (Å²) in [5.41, 5.74) is 1.13. The van der Waals surface area contributed by atoms with Crippen LogP contribution in [0.2, 0.25) is 0 Å². The third-order valence-electron chi connectivity index (χ3n) is 2.85. The van der Waals surface area contributed by atoms with Gasteiger partial charge in [-0.05, 0) is 46.3 Å². The number of hydrogen-bond donors (Lipinski definition) is 0. The summed E-state index contributed by atoms with van der Waals surface area (Å²) < 4.78 is 1.14. The van der Waals surface area contributed by atoms with E-state index in [1.165, 1.54) is 10.8 Å². The lowest BCUT2D eigenvalue weighted by Crippen LogP contribution is -1.97. The van der Waals surface area contributed by atoms with Crippen LogP contribution in [0.4, 0.5) is 0 Å². The molecular weight excluding hydrogens is 293 g/mol. The maximum absolute atomic E-state index is 9.56. The van der Waals surface area contributed by atoms with Crippen molar-refractivity contribution in [1.29, 1.82) is 0 Å². The fourth-order valence-corrected chi connectivity index (χ4v) is 2.10.